The van der Waals surface area contributed by atoms with Gasteiger partial charge in [-0.1, -0.05) is 42.1 Å². The second kappa shape index (κ2) is 7.49. The first-order valence-corrected chi connectivity index (χ1v) is 9.16. The van der Waals surface area contributed by atoms with E-state index in [1.54, 1.807) is 0 Å². The van der Waals surface area contributed by atoms with E-state index in [0.717, 1.165) is 22.9 Å². The lowest BCUT2D eigenvalue weighted by Crippen LogP contribution is -2.38. The van der Waals surface area contributed by atoms with Gasteiger partial charge in [0.2, 0.25) is 5.91 Å². The van der Waals surface area contributed by atoms with E-state index in [0.29, 0.717) is 15.4 Å². The van der Waals surface area contributed by atoms with Gasteiger partial charge in [0.15, 0.2) is 5.16 Å². The van der Waals surface area contributed by atoms with Gasteiger partial charge >= 0.3 is 6.03 Å². The summed E-state index contributed by atoms with van der Waals surface area (Å²) in [5.41, 5.74) is 1.54. The van der Waals surface area contributed by atoms with E-state index in [1.165, 1.54) is 18.4 Å². The van der Waals surface area contributed by atoms with E-state index >= 15 is 0 Å². The number of benzene rings is 1. The quantitative estimate of drug-likeness (QED) is 0.480. The third-order valence-electron chi connectivity index (χ3n) is 3.33. The Balaban J connectivity index is 1.83. The molecule has 25 heavy (non-hydrogen) atoms. The van der Waals surface area contributed by atoms with Gasteiger partial charge in [-0.05, 0) is 5.56 Å². The molecule has 0 unspecified atom stereocenters. The number of amides is 3. The van der Waals surface area contributed by atoms with Crippen molar-refractivity contribution in [3.63, 3.8) is 0 Å². The van der Waals surface area contributed by atoms with E-state index in [-0.39, 0.29) is 11.3 Å². The van der Waals surface area contributed by atoms with Gasteiger partial charge in [0.05, 0.1) is 11.1 Å². The molecule has 128 valence electrons. The van der Waals surface area contributed by atoms with Crippen molar-refractivity contribution in [2.45, 2.75) is 5.16 Å². The zero-order valence-corrected chi connectivity index (χ0v) is 14.8. The van der Waals surface area contributed by atoms with Crippen LogP contribution in [0.3, 0.4) is 0 Å². The Morgan fingerprint density at radius 3 is 2.76 bits per heavy atom. The van der Waals surface area contributed by atoms with Crippen LogP contribution >= 0.6 is 23.1 Å². The van der Waals surface area contributed by atoms with Crippen molar-refractivity contribution in [2.24, 2.45) is 0 Å². The third kappa shape index (κ3) is 3.89. The summed E-state index contributed by atoms with van der Waals surface area (Å²) in [6, 6.07) is 9.04. The Morgan fingerprint density at radius 1 is 1.28 bits per heavy atom. The van der Waals surface area contributed by atoms with Crippen LogP contribution in [0.1, 0.15) is 0 Å². The Hall–Kier alpha value is -2.65. The van der Waals surface area contributed by atoms with Gasteiger partial charge in [-0.2, -0.15) is 0 Å². The summed E-state index contributed by atoms with van der Waals surface area (Å²) in [7, 11) is 1.42. The minimum atomic E-state index is -0.576. The molecule has 0 aliphatic carbocycles. The van der Waals surface area contributed by atoms with Gasteiger partial charge in [-0.25, -0.2) is 9.78 Å². The number of thiophene rings is 1. The van der Waals surface area contributed by atoms with E-state index in [4.69, 9.17) is 0 Å². The molecule has 0 fully saturated rings. The number of thioether (sulfide) groups is 1. The number of aromatic amines is 1. The largest absolute Gasteiger partial charge is 0.341 e. The predicted octanol–water partition coefficient (Wildman–Crippen LogP) is 2.20. The fraction of sp³-hybridized carbons (Fsp3) is 0.125. The molecular weight excluding hydrogens is 360 g/mol. The van der Waals surface area contributed by atoms with Crippen LogP contribution in [-0.2, 0) is 4.79 Å². The average Bonchev–Trinajstić information content (AvgIpc) is 3.05. The maximum absolute atomic E-state index is 12.5. The summed E-state index contributed by atoms with van der Waals surface area (Å²) >= 11 is 2.44. The lowest BCUT2D eigenvalue weighted by atomic mass is 10.1. The van der Waals surface area contributed by atoms with Crippen molar-refractivity contribution in [2.75, 3.05) is 12.8 Å². The maximum Gasteiger partial charge on any atom is 0.321 e. The Kier molecular flexibility index (Phi) is 5.15. The van der Waals surface area contributed by atoms with Crippen LogP contribution in [-0.4, -0.2) is 34.7 Å². The SMILES string of the molecule is CNC(=O)NC(=O)CSc1nc2scc(-c3ccccc3)c2c(=O)[nH]1. The first-order chi connectivity index (χ1) is 12.1. The zero-order chi connectivity index (χ0) is 17.8. The van der Waals surface area contributed by atoms with Crippen molar-refractivity contribution in [1.82, 2.24) is 20.6 Å². The van der Waals surface area contributed by atoms with Gasteiger partial charge in [0.1, 0.15) is 4.83 Å². The molecule has 2 heterocycles. The average molecular weight is 374 g/mol. The van der Waals surface area contributed by atoms with Crippen molar-refractivity contribution in [1.29, 1.82) is 0 Å². The number of fused-ring (bicyclic) bond motifs is 1. The Morgan fingerprint density at radius 2 is 2.04 bits per heavy atom. The molecule has 2 aromatic heterocycles. The molecule has 3 amide bonds. The molecule has 0 saturated heterocycles. The summed E-state index contributed by atoms with van der Waals surface area (Å²) in [5.74, 6) is -0.498. The highest BCUT2D eigenvalue weighted by molar-refractivity contribution is 7.99. The van der Waals surface area contributed by atoms with E-state index in [2.05, 4.69) is 20.6 Å². The first kappa shape index (κ1) is 17.2. The summed E-state index contributed by atoms with van der Waals surface area (Å²) in [6.45, 7) is 0. The number of nitrogens with one attached hydrogen (secondary N) is 3. The number of hydrogen-bond acceptors (Lipinski definition) is 6. The topological polar surface area (TPSA) is 104 Å². The lowest BCUT2D eigenvalue weighted by molar-refractivity contribution is -0.117. The predicted molar refractivity (Wildman–Crippen MR) is 99.0 cm³/mol. The number of carbonyl (C=O) groups excluding carboxylic acids is 2. The van der Waals surface area contributed by atoms with Crippen LogP contribution in [0.4, 0.5) is 4.79 Å². The number of imide groups is 1. The van der Waals surface area contributed by atoms with Crippen LogP contribution < -0.4 is 16.2 Å². The van der Waals surface area contributed by atoms with Crippen LogP contribution in [0, 0.1) is 0 Å². The number of hydrogen-bond donors (Lipinski definition) is 3. The number of nitrogens with zero attached hydrogens (tertiary/aromatic N) is 1. The van der Waals surface area contributed by atoms with Gasteiger partial charge in [0, 0.05) is 18.0 Å². The van der Waals surface area contributed by atoms with Gasteiger partial charge in [-0.15, -0.1) is 11.3 Å². The van der Waals surface area contributed by atoms with Gasteiger partial charge < -0.3 is 10.3 Å². The molecule has 0 atom stereocenters. The molecule has 0 bridgehead atoms. The number of urea groups is 1. The fourth-order valence-electron chi connectivity index (χ4n) is 2.19. The molecule has 3 rings (SSSR count). The second-order valence-electron chi connectivity index (χ2n) is 4.98. The summed E-state index contributed by atoms with van der Waals surface area (Å²) in [4.78, 5) is 42.8. The number of rotatable bonds is 4. The van der Waals surface area contributed by atoms with E-state index in [1.807, 2.05) is 35.7 Å². The molecule has 0 aliphatic heterocycles. The zero-order valence-electron chi connectivity index (χ0n) is 13.2. The molecule has 9 heteroatoms. The molecule has 3 N–H and O–H groups in total. The fourth-order valence-corrected chi connectivity index (χ4v) is 3.85. The first-order valence-electron chi connectivity index (χ1n) is 7.30. The standard InChI is InChI=1S/C16H14N4O3S2/c1-17-15(23)18-11(21)8-25-16-19-13(22)12-10(7-24-14(12)20-16)9-5-3-2-4-6-9/h2-7H,8H2,1H3,(H,19,20,22)(H2,17,18,21,23). The van der Waals surface area contributed by atoms with Crippen molar-refractivity contribution in [3.05, 3.63) is 46.1 Å². The Labute approximate surface area is 150 Å². The number of H-pyrrole nitrogens is 1. The molecular formula is C16H14N4O3S2. The summed E-state index contributed by atoms with van der Waals surface area (Å²) < 4.78 is 0. The Bertz CT molecular complexity index is 982. The van der Waals surface area contributed by atoms with Crippen LogP contribution in [0.15, 0.2) is 45.7 Å². The second-order valence-corrected chi connectivity index (χ2v) is 6.80. The minimum Gasteiger partial charge on any atom is -0.341 e. The number of carbonyl (C=O) groups is 2. The lowest BCUT2D eigenvalue weighted by Gasteiger charge is -2.03. The monoisotopic (exact) mass is 374 g/mol. The van der Waals surface area contributed by atoms with Crippen LogP contribution in [0.25, 0.3) is 21.3 Å². The smallest absolute Gasteiger partial charge is 0.321 e. The summed E-state index contributed by atoms with van der Waals surface area (Å²) in [6.07, 6.45) is 0. The van der Waals surface area contributed by atoms with Gasteiger partial charge in [0.25, 0.3) is 5.56 Å². The molecule has 7 nitrogen and oxygen atoms in total. The maximum atomic E-state index is 12.5. The molecule has 0 saturated carbocycles. The van der Waals surface area contributed by atoms with E-state index < -0.39 is 11.9 Å². The van der Waals surface area contributed by atoms with Crippen molar-refractivity contribution < 1.29 is 9.59 Å². The van der Waals surface area contributed by atoms with E-state index in [9.17, 15) is 14.4 Å². The van der Waals surface area contributed by atoms with Crippen LogP contribution in [0.2, 0.25) is 0 Å². The summed E-state index contributed by atoms with van der Waals surface area (Å²) in [5, 5.41) is 7.22. The normalized spacial score (nSPS) is 10.6. The molecule has 0 aliphatic rings. The molecule has 0 spiro atoms. The molecule has 0 radical (unpaired) electrons. The highest BCUT2D eigenvalue weighted by Crippen LogP contribution is 2.31. The minimum absolute atomic E-state index is 0.0290. The van der Waals surface area contributed by atoms with Crippen molar-refractivity contribution >= 4 is 45.3 Å². The molecule has 3 aromatic rings. The molecule has 1 aromatic carbocycles. The van der Waals surface area contributed by atoms with Gasteiger partial charge in [-0.3, -0.25) is 14.9 Å². The van der Waals surface area contributed by atoms with Crippen molar-refractivity contribution in [3.8, 4) is 11.1 Å². The van der Waals surface area contributed by atoms with Crippen LogP contribution in [0.5, 0.6) is 0 Å². The highest BCUT2D eigenvalue weighted by Gasteiger charge is 2.14. The highest BCUT2D eigenvalue weighted by atomic mass is 32.2. The number of aromatic nitrogens is 2. The third-order valence-corrected chi connectivity index (χ3v) is 5.07.